The Morgan fingerprint density at radius 2 is 2.22 bits per heavy atom. The summed E-state index contributed by atoms with van der Waals surface area (Å²) >= 11 is 0. The van der Waals surface area contributed by atoms with Crippen molar-refractivity contribution in [3.05, 3.63) is 23.4 Å². The van der Waals surface area contributed by atoms with Crippen molar-refractivity contribution in [3.8, 4) is 0 Å². The summed E-state index contributed by atoms with van der Waals surface area (Å²) in [6, 6.07) is 1.65. The molecule has 0 saturated carbocycles. The molecule has 1 aromatic heterocycles. The van der Waals surface area contributed by atoms with Gasteiger partial charge in [-0.05, 0) is 32.4 Å². The molecule has 0 fully saturated rings. The molecule has 0 saturated heterocycles. The van der Waals surface area contributed by atoms with Crippen LogP contribution in [0.3, 0.4) is 0 Å². The van der Waals surface area contributed by atoms with Crippen molar-refractivity contribution in [3.63, 3.8) is 0 Å². The van der Waals surface area contributed by atoms with Crippen molar-refractivity contribution in [1.29, 1.82) is 0 Å². The molecule has 1 heterocycles. The van der Waals surface area contributed by atoms with Gasteiger partial charge in [0, 0.05) is 25.9 Å². The third kappa shape index (κ3) is 3.70. The van der Waals surface area contributed by atoms with Gasteiger partial charge in [0.2, 0.25) is 0 Å². The highest BCUT2D eigenvalue weighted by Crippen LogP contribution is 2.17. The van der Waals surface area contributed by atoms with Crippen molar-refractivity contribution in [2.24, 2.45) is 0 Å². The highest BCUT2D eigenvalue weighted by Gasteiger charge is 2.11. The van der Waals surface area contributed by atoms with Gasteiger partial charge in [-0.2, -0.15) is 0 Å². The molecule has 18 heavy (non-hydrogen) atoms. The largest absolute Gasteiger partial charge is 0.478 e. The zero-order chi connectivity index (χ0) is 13.5. The van der Waals surface area contributed by atoms with Crippen molar-refractivity contribution in [2.75, 3.05) is 31.2 Å². The molecule has 1 rings (SSSR count). The minimum atomic E-state index is -0.950. The quantitative estimate of drug-likeness (QED) is 0.751. The van der Waals surface area contributed by atoms with E-state index in [4.69, 9.17) is 9.84 Å². The molecular weight excluding hydrogens is 232 g/mol. The highest BCUT2D eigenvalue weighted by molar-refractivity contribution is 5.87. The number of pyridine rings is 1. The van der Waals surface area contributed by atoms with Crippen molar-refractivity contribution in [1.82, 2.24) is 4.98 Å². The predicted octanol–water partition coefficient (Wildman–Crippen LogP) is 1.95. The second-order valence-electron chi connectivity index (χ2n) is 3.95. The van der Waals surface area contributed by atoms with Gasteiger partial charge in [0.05, 0.1) is 12.2 Å². The van der Waals surface area contributed by atoms with Crippen molar-refractivity contribution in [2.45, 2.75) is 20.8 Å². The third-order valence-electron chi connectivity index (χ3n) is 2.69. The Bertz CT molecular complexity index is 407. The molecule has 100 valence electrons. The number of aromatic carboxylic acids is 1. The summed E-state index contributed by atoms with van der Waals surface area (Å²) in [5.74, 6) is -0.128. The lowest BCUT2D eigenvalue weighted by Crippen LogP contribution is -2.28. The zero-order valence-electron chi connectivity index (χ0n) is 11.1. The van der Waals surface area contributed by atoms with E-state index in [0.717, 1.165) is 24.5 Å². The average Bonchev–Trinajstić information content (AvgIpc) is 2.35. The Kier molecular flexibility index (Phi) is 5.58. The minimum Gasteiger partial charge on any atom is -0.478 e. The molecule has 0 bridgehead atoms. The summed E-state index contributed by atoms with van der Waals surface area (Å²) in [6.07, 6.45) is 1.40. The Morgan fingerprint density at radius 1 is 1.50 bits per heavy atom. The van der Waals surface area contributed by atoms with E-state index in [-0.39, 0.29) is 5.56 Å². The van der Waals surface area contributed by atoms with Crippen LogP contribution in [0, 0.1) is 6.92 Å². The first-order valence-electron chi connectivity index (χ1n) is 6.12. The summed E-state index contributed by atoms with van der Waals surface area (Å²) in [4.78, 5) is 17.2. The van der Waals surface area contributed by atoms with Gasteiger partial charge in [-0.1, -0.05) is 0 Å². The predicted molar refractivity (Wildman–Crippen MR) is 70.3 cm³/mol. The monoisotopic (exact) mass is 252 g/mol. The van der Waals surface area contributed by atoms with Crippen LogP contribution in [0.4, 0.5) is 5.82 Å². The van der Waals surface area contributed by atoms with Gasteiger partial charge < -0.3 is 14.7 Å². The smallest absolute Gasteiger partial charge is 0.337 e. The number of anilines is 1. The Hall–Kier alpha value is -1.62. The van der Waals surface area contributed by atoms with Crippen LogP contribution in [-0.4, -0.2) is 42.4 Å². The first-order valence-corrected chi connectivity index (χ1v) is 6.12. The third-order valence-corrected chi connectivity index (χ3v) is 2.69. The van der Waals surface area contributed by atoms with Crippen LogP contribution < -0.4 is 4.90 Å². The molecule has 0 aliphatic carbocycles. The molecule has 1 aromatic rings. The second-order valence-corrected chi connectivity index (χ2v) is 3.95. The van der Waals surface area contributed by atoms with Crippen molar-refractivity contribution < 1.29 is 14.6 Å². The molecule has 0 atom stereocenters. The molecule has 0 unspecified atom stereocenters. The lowest BCUT2D eigenvalue weighted by molar-refractivity contribution is 0.0696. The number of carbonyl (C=O) groups is 1. The number of nitrogens with zero attached hydrogens (tertiary/aromatic N) is 2. The normalized spacial score (nSPS) is 10.4. The van der Waals surface area contributed by atoms with Crippen LogP contribution in [-0.2, 0) is 4.74 Å². The molecule has 0 radical (unpaired) electrons. The lowest BCUT2D eigenvalue weighted by Gasteiger charge is -2.23. The number of ether oxygens (including phenoxy) is 1. The number of aromatic nitrogens is 1. The number of aryl methyl sites for hydroxylation is 1. The van der Waals surface area contributed by atoms with Crippen LogP contribution in [0.2, 0.25) is 0 Å². The molecule has 1 N–H and O–H groups in total. The summed E-state index contributed by atoms with van der Waals surface area (Å²) in [5, 5.41) is 8.90. The van der Waals surface area contributed by atoms with Crippen LogP contribution in [0.1, 0.15) is 29.8 Å². The first kappa shape index (κ1) is 14.4. The highest BCUT2D eigenvalue weighted by atomic mass is 16.5. The maximum absolute atomic E-state index is 10.8. The zero-order valence-corrected chi connectivity index (χ0v) is 11.1. The summed E-state index contributed by atoms with van der Waals surface area (Å²) < 4.78 is 5.33. The molecule has 5 heteroatoms. The Morgan fingerprint density at radius 3 is 2.72 bits per heavy atom. The maximum atomic E-state index is 10.8. The maximum Gasteiger partial charge on any atom is 0.337 e. The molecule has 0 amide bonds. The molecule has 0 aromatic carbocycles. The standard InChI is InChI=1S/C13H20N2O3/c1-4-15(6-7-18-5-2)12-10(3)8-11(9-14-12)13(16)17/h8-9H,4-7H2,1-3H3,(H,16,17). The van der Waals surface area contributed by atoms with Gasteiger partial charge in [0.15, 0.2) is 0 Å². The van der Waals surface area contributed by atoms with Crippen LogP contribution >= 0.6 is 0 Å². The van der Waals surface area contributed by atoms with Gasteiger partial charge in [0.25, 0.3) is 0 Å². The van der Waals surface area contributed by atoms with Crippen LogP contribution in [0.5, 0.6) is 0 Å². The van der Waals surface area contributed by atoms with E-state index >= 15 is 0 Å². The SMILES string of the molecule is CCOCCN(CC)c1ncc(C(=O)O)cc1C. The molecule has 0 spiro atoms. The van der Waals surface area contributed by atoms with E-state index in [1.54, 1.807) is 6.07 Å². The summed E-state index contributed by atoms with van der Waals surface area (Å²) in [6.45, 7) is 8.78. The van der Waals surface area contributed by atoms with Gasteiger partial charge >= 0.3 is 5.97 Å². The number of hydrogen-bond acceptors (Lipinski definition) is 4. The molecule has 5 nitrogen and oxygen atoms in total. The van der Waals surface area contributed by atoms with E-state index in [1.807, 2.05) is 20.8 Å². The Labute approximate surface area is 107 Å². The molecular formula is C13H20N2O3. The van der Waals surface area contributed by atoms with Crippen LogP contribution in [0.25, 0.3) is 0 Å². The second kappa shape index (κ2) is 6.96. The Balaban J connectivity index is 2.82. The topological polar surface area (TPSA) is 62.7 Å². The van der Waals surface area contributed by atoms with Gasteiger partial charge in [-0.15, -0.1) is 0 Å². The number of hydrogen-bond donors (Lipinski definition) is 1. The van der Waals surface area contributed by atoms with Gasteiger partial charge in [0.1, 0.15) is 5.82 Å². The lowest BCUT2D eigenvalue weighted by atomic mass is 10.2. The molecule has 0 aliphatic rings. The minimum absolute atomic E-state index is 0.220. The van der Waals surface area contributed by atoms with Gasteiger partial charge in [-0.3, -0.25) is 0 Å². The van der Waals surface area contributed by atoms with E-state index in [9.17, 15) is 4.79 Å². The van der Waals surface area contributed by atoms with E-state index in [0.29, 0.717) is 13.2 Å². The van der Waals surface area contributed by atoms with E-state index in [2.05, 4.69) is 9.88 Å². The van der Waals surface area contributed by atoms with E-state index in [1.165, 1.54) is 6.20 Å². The van der Waals surface area contributed by atoms with Crippen LogP contribution in [0.15, 0.2) is 12.3 Å². The fourth-order valence-electron chi connectivity index (χ4n) is 1.75. The fourth-order valence-corrected chi connectivity index (χ4v) is 1.75. The van der Waals surface area contributed by atoms with E-state index < -0.39 is 5.97 Å². The fraction of sp³-hybridized carbons (Fsp3) is 0.538. The van der Waals surface area contributed by atoms with Gasteiger partial charge in [-0.25, -0.2) is 9.78 Å². The first-order chi connectivity index (χ1) is 8.60. The van der Waals surface area contributed by atoms with Crippen molar-refractivity contribution >= 4 is 11.8 Å². The molecule has 0 aliphatic heterocycles. The number of likely N-dealkylation sites (N-methyl/N-ethyl adjacent to an activating group) is 1. The number of rotatable bonds is 7. The average molecular weight is 252 g/mol. The number of carboxylic acid groups (broad SMARTS) is 1. The number of carboxylic acids is 1. The summed E-state index contributed by atoms with van der Waals surface area (Å²) in [7, 11) is 0. The summed E-state index contributed by atoms with van der Waals surface area (Å²) in [5.41, 5.74) is 1.09.